The predicted molar refractivity (Wildman–Crippen MR) is 70.8 cm³/mol. The van der Waals surface area contributed by atoms with Gasteiger partial charge in [-0.1, -0.05) is 24.3 Å². The monoisotopic (exact) mass is 226 g/mol. The summed E-state index contributed by atoms with van der Waals surface area (Å²) in [6.45, 7) is 4.27. The summed E-state index contributed by atoms with van der Waals surface area (Å²) in [6, 6.07) is 10.3. The third-order valence-corrected chi connectivity index (χ3v) is 3.18. The number of nitrogens with two attached hydrogens (primary N) is 1. The van der Waals surface area contributed by atoms with Crippen LogP contribution in [0.15, 0.2) is 42.7 Å². The van der Waals surface area contributed by atoms with Gasteiger partial charge in [-0.05, 0) is 48.6 Å². The summed E-state index contributed by atoms with van der Waals surface area (Å²) < 4.78 is 0. The maximum Gasteiger partial charge on any atom is 0.0351 e. The molecule has 2 rings (SSSR count). The summed E-state index contributed by atoms with van der Waals surface area (Å²) in [5, 5.41) is 0. The summed E-state index contributed by atoms with van der Waals surface area (Å²) in [5.41, 5.74) is 11.3. The molecule has 1 unspecified atom stereocenters. The Balaban J connectivity index is 2.22. The minimum atomic E-state index is 0.0171. The first-order valence-corrected chi connectivity index (χ1v) is 5.89. The van der Waals surface area contributed by atoms with Gasteiger partial charge >= 0.3 is 0 Å². The zero-order valence-electron chi connectivity index (χ0n) is 10.4. The van der Waals surface area contributed by atoms with Gasteiger partial charge in [-0.3, -0.25) is 4.98 Å². The second-order valence-electron chi connectivity index (χ2n) is 4.47. The first kappa shape index (κ1) is 11.8. The van der Waals surface area contributed by atoms with E-state index < -0.39 is 0 Å². The van der Waals surface area contributed by atoms with Gasteiger partial charge in [0.25, 0.3) is 0 Å². The molecule has 0 radical (unpaired) electrons. The molecule has 2 nitrogen and oxygen atoms in total. The molecule has 17 heavy (non-hydrogen) atoms. The van der Waals surface area contributed by atoms with Crippen molar-refractivity contribution in [3.8, 4) is 0 Å². The third-order valence-electron chi connectivity index (χ3n) is 3.18. The normalized spacial score (nSPS) is 12.4. The Hall–Kier alpha value is -1.67. The number of benzene rings is 1. The zero-order valence-corrected chi connectivity index (χ0v) is 10.4. The number of rotatable bonds is 3. The summed E-state index contributed by atoms with van der Waals surface area (Å²) in [7, 11) is 0. The molecule has 1 aromatic heterocycles. The Labute approximate surface area is 103 Å². The molecule has 0 saturated carbocycles. The van der Waals surface area contributed by atoms with Crippen molar-refractivity contribution in [1.29, 1.82) is 0 Å². The topological polar surface area (TPSA) is 38.9 Å². The summed E-state index contributed by atoms with van der Waals surface area (Å²) in [6.07, 6.45) is 4.48. The molecule has 2 N–H and O–H groups in total. The van der Waals surface area contributed by atoms with Crippen molar-refractivity contribution in [2.24, 2.45) is 5.73 Å². The van der Waals surface area contributed by atoms with Crippen LogP contribution in [0.2, 0.25) is 0 Å². The van der Waals surface area contributed by atoms with Crippen molar-refractivity contribution in [2.75, 3.05) is 0 Å². The molecule has 1 atom stereocenters. The highest BCUT2D eigenvalue weighted by atomic mass is 14.7. The smallest absolute Gasteiger partial charge is 0.0351 e. The average Bonchev–Trinajstić information content (AvgIpc) is 2.35. The number of aryl methyl sites for hydroxylation is 2. The first-order valence-electron chi connectivity index (χ1n) is 5.89. The molecule has 1 aromatic carbocycles. The van der Waals surface area contributed by atoms with Gasteiger partial charge < -0.3 is 5.73 Å². The van der Waals surface area contributed by atoms with Crippen LogP contribution in [0, 0.1) is 13.8 Å². The van der Waals surface area contributed by atoms with E-state index >= 15 is 0 Å². The maximum absolute atomic E-state index is 6.22. The van der Waals surface area contributed by atoms with E-state index in [0.29, 0.717) is 0 Å². The van der Waals surface area contributed by atoms with Gasteiger partial charge in [-0.25, -0.2) is 0 Å². The van der Waals surface area contributed by atoms with E-state index in [1.165, 1.54) is 16.7 Å². The quantitative estimate of drug-likeness (QED) is 0.874. The molecule has 0 fully saturated rings. The number of hydrogen-bond donors (Lipinski definition) is 1. The van der Waals surface area contributed by atoms with E-state index in [4.69, 9.17) is 5.73 Å². The predicted octanol–water partition coefficient (Wildman–Crippen LogP) is 2.94. The van der Waals surface area contributed by atoms with Crippen molar-refractivity contribution in [3.63, 3.8) is 0 Å². The lowest BCUT2D eigenvalue weighted by Crippen LogP contribution is -2.14. The van der Waals surface area contributed by atoms with Gasteiger partial charge in [-0.15, -0.1) is 0 Å². The van der Waals surface area contributed by atoms with Crippen molar-refractivity contribution >= 4 is 0 Å². The fraction of sp³-hybridized carbons (Fsp3) is 0.267. The molecule has 0 spiro atoms. The van der Waals surface area contributed by atoms with E-state index in [1.807, 2.05) is 18.3 Å². The van der Waals surface area contributed by atoms with Crippen molar-refractivity contribution < 1.29 is 0 Å². The van der Waals surface area contributed by atoms with Crippen molar-refractivity contribution in [3.05, 3.63) is 65.0 Å². The average molecular weight is 226 g/mol. The molecule has 1 heterocycles. The SMILES string of the molecule is Cc1cccc(C)c1CC(N)c1cccnc1. The lowest BCUT2D eigenvalue weighted by molar-refractivity contribution is 0.712. The van der Waals surface area contributed by atoms with E-state index in [0.717, 1.165) is 12.0 Å². The van der Waals surface area contributed by atoms with Crippen LogP contribution in [0.5, 0.6) is 0 Å². The summed E-state index contributed by atoms with van der Waals surface area (Å²) in [5.74, 6) is 0. The molecule has 2 heteroatoms. The van der Waals surface area contributed by atoms with Crippen LogP contribution in [0.1, 0.15) is 28.3 Å². The van der Waals surface area contributed by atoms with Crippen LogP contribution in [0.3, 0.4) is 0 Å². The van der Waals surface area contributed by atoms with Crippen LogP contribution in [-0.4, -0.2) is 4.98 Å². The molecule has 0 aliphatic carbocycles. The van der Waals surface area contributed by atoms with Crippen LogP contribution in [-0.2, 0) is 6.42 Å². The number of aromatic nitrogens is 1. The molecule has 0 aliphatic rings. The van der Waals surface area contributed by atoms with E-state index in [-0.39, 0.29) is 6.04 Å². The molecule has 0 amide bonds. The summed E-state index contributed by atoms with van der Waals surface area (Å²) >= 11 is 0. The highest BCUT2D eigenvalue weighted by Crippen LogP contribution is 2.20. The van der Waals surface area contributed by atoms with Gasteiger partial charge in [0.15, 0.2) is 0 Å². The second-order valence-corrected chi connectivity index (χ2v) is 4.47. The molecule has 88 valence electrons. The maximum atomic E-state index is 6.22. The highest BCUT2D eigenvalue weighted by molar-refractivity contribution is 5.35. The van der Waals surface area contributed by atoms with E-state index in [9.17, 15) is 0 Å². The number of nitrogens with zero attached hydrogens (tertiary/aromatic N) is 1. The van der Waals surface area contributed by atoms with Crippen molar-refractivity contribution in [2.45, 2.75) is 26.3 Å². The fourth-order valence-electron chi connectivity index (χ4n) is 2.10. The van der Waals surface area contributed by atoms with Crippen LogP contribution in [0.25, 0.3) is 0 Å². The van der Waals surface area contributed by atoms with Crippen LogP contribution in [0.4, 0.5) is 0 Å². The standard InChI is InChI=1S/C15H18N2/c1-11-5-3-6-12(2)14(11)9-15(16)13-7-4-8-17-10-13/h3-8,10,15H,9,16H2,1-2H3. The lowest BCUT2D eigenvalue weighted by Gasteiger charge is -2.15. The molecule has 0 bridgehead atoms. The summed E-state index contributed by atoms with van der Waals surface area (Å²) in [4.78, 5) is 4.11. The lowest BCUT2D eigenvalue weighted by atomic mass is 9.94. The Morgan fingerprint density at radius 2 is 1.82 bits per heavy atom. The van der Waals surface area contributed by atoms with E-state index in [2.05, 4.69) is 37.0 Å². The minimum Gasteiger partial charge on any atom is -0.324 e. The number of pyridine rings is 1. The van der Waals surface area contributed by atoms with Crippen LogP contribution >= 0.6 is 0 Å². The minimum absolute atomic E-state index is 0.0171. The van der Waals surface area contributed by atoms with E-state index in [1.54, 1.807) is 6.20 Å². The first-order chi connectivity index (χ1) is 8.18. The third kappa shape index (κ3) is 2.71. The van der Waals surface area contributed by atoms with Gasteiger partial charge in [0.1, 0.15) is 0 Å². The molecule has 0 saturated heterocycles. The van der Waals surface area contributed by atoms with Gasteiger partial charge in [0.2, 0.25) is 0 Å². The number of hydrogen-bond acceptors (Lipinski definition) is 2. The van der Waals surface area contributed by atoms with Gasteiger partial charge in [0, 0.05) is 18.4 Å². The fourth-order valence-corrected chi connectivity index (χ4v) is 2.10. The van der Waals surface area contributed by atoms with Gasteiger partial charge in [-0.2, -0.15) is 0 Å². The highest BCUT2D eigenvalue weighted by Gasteiger charge is 2.10. The molecule has 2 aromatic rings. The Bertz CT molecular complexity index is 471. The Morgan fingerprint density at radius 3 is 2.41 bits per heavy atom. The Kier molecular flexibility index (Phi) is 3.55. The second kappa shape index (κ2) is 5.11. The molecular formula is C15H18N2. The van der Waals surface area contributed by atoms with Crippen LogP contribution < -0.4 is 5.73 Å². The zero-order chi connectivity index (χ0) is 12.3. The molecule has 0 aliphatic heterocycles. The molecular weight excluding hydrogens is 208 g/mol. The van der Waals surface area contributed by atoms with Gasteiger partial charge in [0.05, 0.1) is 0 Å². The Morgan fingerprint density at radius 1 is 1.12 bits per heavy atom. The van der Waals surface area contributed by atoms with Crippen molar-refractivity contribution in [1.82, 2.24) is 4.98 Å². The largest absolute Gasteiger partial charge is 0.324 e.